The first-order valence-corrected chi connectivity index (χ1v) is 5.77. The molecule has 0 spiro atoms. The third-order valence-electron chi connectivity index (χ3n) is 2.02. The Balaban J connectivity index is 2.93. The maximum absolute atomic E-state index is 6.08. The van der Waals surface area contributed by atoms with Crippen molar-refractivity contribution in [2.45, 2.75) is 12.8 Å². The van der Waals surface area contributed by atoms with Gasteiger partial charge in [-0.25, -0.2) is 0 Å². The predicted octanol–water partition coefficient (Wildman–Crippen LogP) is 4.68. The molecule has 0 N–H and O–H groups in total. The molecule has 3 heteroatoms. The molecule has 0 aliphatic rings. The Morgan fingerprint density at radius 1 is 1.19 bits per heavy atom. The first kappa shape index (κ1) is 13.1. The molecular formula is C13H14Cl2O. The smallest absolute Gasteiger partial charge is 0.141 e. The van der Waals surface area contributed by atoms with Crippen LogP contribution in [0, 0.1) is 0 Å². The number of halogens is 2. The molecule has 1 nitrogen and oxygen atoms in total. The Kier molecular flexibility index (Phi) is 5.44. The molecule has 0 aromatic heterocycles. The highest BCUT2D eigenvalue weighted by molar-refractivity contribution is 6.35. The Labute approximate surface area is 106 Å². The minimum absolute atomic E-state index is 0.536. The Morgan fingerprint density at radius 3 is 2.56 bits per heavy atom. The van der Waals surface area contributed by atoms with E-state index in [1.54, 1.807) is 18.2 Å². The SMILES string of the molecule is C=CCCOc1c(Cl)cc(Cl)cc1CC=C. The van der Waals surface area contributed by atoms with Crippen LogP contribution in [0.1, 0.15) is 12.0 Å². The summed E-state index contributed by atoms with van der Waals surface area (Å²) in [6.45, 7) is 7.90. The van der Waals surface area contributed by atoms with Crippen molar-refractivity contribution in [1.29, 1.82) is 0 Å². The van der Waals surface area contributed by atoms with Crippen molar-refractivity contribution < 1.29 is 4.74 Å². The van der Waals surface area contributed by atoms with Gasteiger partial charge >= 0.3 is 0 Å². The van der Waals surface area contributed by atoms with Crippen molar-refractivity contribution in [2.75, 3.05) is 6.61 Å². The first-order chi connectivity index (χ1) is 7.69. The fourth-order valence-corrected chi connectivity index (χ4v) is 1.92. The van der Waals surface area contributed by atoms with E-state index in [9.17, 15) is 0 Å². The molecule has 1 aromatic carbocycles. The van der Waals surface area contributed by atoms with E-state index in [1.807, 2.05) is 6.07 Å². The molecule has 0 aliphatic carbocycles. The number of allylic oxidation sites excluding steroid dienone is 1. The lowest BCUT2D eigenvalue weighted by atomic mass is 10.1. The maximum Gasteiger partial charge on any atom is 0.141 e. The molecule has 0 amide bonds. The summed E-state index contributed by atoms with van der Waals surface area (Å²) >= 11 is 12.0. The van der Waals surface area contributed by atoms with Crippen molar-refractivity contribution in [3.63, 3.8) is 0 Å². The van der Waals surface area contributed by atoms with Gasteiger partial charge in [0, 0.05) is 10.6 Å². The van der Waals surface area contributed by atoms with Crippen LogP contribution in [0.3, 0.4) is 0 Å². The van der Waals surface area contributed by atoms with E-state index in [2.05, 4.69) is 13.2 Å². The van der Waals surface area contributed by atoms with Crippen LogP contribution in [0.5, 0.6) is 5.75 Å². The fourth-order valence-electron chi connectivity index (χ4n) is 1.33. The number of rotatable bonds is 6. The van der Waals surface area contributed by atoms with Gasteiger partial charge in [-0.1, -0.05) is 35.4 Å². The van der Waals surface area contributed by atoms with Crippen LogP contribution in [0.25, 0.3) is 0 Å². The zero-order valence-electron chi connectivity index (χ0n) is 9.01. The Morgan fingerprint density at radius 2 is 1.94 bits per heavy atom. The topological polar surface area (TPSA) is 9.23 Å². The van der Waals surface area contributed by atoms with Gasteiger partial charge in [-0.05, 0) is 25.0 Å². The number of hydrogen-bond donors (Lipinski definition) is 0. The molecule has 16 heavy (non-hydrogen) atoms. The number of hydrogen-bond acceptors (Lipinski definition) is 1. The van der Waals surface area contributed by atoms with Crippen molar-refractivity contribution >= 4 is 23.2 Å². The molecule has 0 saturated heterocycles. The van der Waals surface area contributed by atoms with E-state index in [1.165, 1.54) is 0 Å². The molecule has 0 bridgehead atoms. The van der Waals surface area contributed by atoms with Gasteiger partial charge in [-0.3, -0.25) is 0 Å². The number of ether oxygens (including phenoxy) is 1. The van der Waals surface area contributed by atoms with Crippen LogP contribution in [-0.4, -0.2) is 6.61 Å². The van der Waals surface area contributed by atoms with Crippen molar-refractivity contribution in [3.05, 3.63) is 53.1 Å². The largest absolute Gasteiger partial charge is 0.491 e. The average molecular weight is 257 g/mol. The third kappa shape index (κ3) is 3.58. The second-order valence-electron chi connectivity index (χ2n) is 3.29. The summed E-state index contributed by atoms with van der Waals surface area (Å²) in [6.07, 6.45) is 5.07. The molecule has 0 saturated carbocycles. The van der Waals surface area contributed by atoms with Crippen LogP contribution in [0.4, 0.5) is 0 Å². The zero-order valence-corrected chi connectivity index (χ0v) is 10.5. The molecule has 0 radical (unpaired) electrons. The quantitative estimate of drug-likeness (QED) is 0.531. The Bertz CT molecular complexity index is 386. The molecule has 0 fully saturated rings. The van der Waals surface area contributed by atoms with Gasteiger partial charge < -0.3 is 4.74 Å². The molecule has 0 aliphatic heterocycles. The van der Waals surface area contributed by atoms with E-state index in [4.69, 9.17) is 27.9 Å². The average Bonchev–Trinajstić information content (AvgIpc) is 2.22. The normalized spacial score (nSPS) is 9.88. The van der Waals surface area contributed by atoms with E-state index < -0.39 is 0 Å². The molecule has 1 aromatic rings. The summed E-state index contributed by atoms with van der Waals surface area (Å²) in [4.78, 5) is 0. The van der Waals surface area contributed by atoms with Crippen LogP contribution in [0.2, 0.25) is 10.0 Å². The summed E-state index contributed by atoms with van der Waals surface area (Å²) in [5.74, 6) is 0.688. The van der Waals surface area contributed by atoms with E-state index in [0.29, 0.717) is 28.8 Å². The van der Waals surface area contributed by atoms with Crippen LogP contribution < -0.4 is 4.74 Å². The summed E-state index contributed by atoms with van der Waals surface area (Å²) in [7, 11) is 0. The lowest BCUT2D eigenvalue weighted by Gasteiger charge is -2.12. The minimum Gasteiger partial charge on any atom is -0.491 e. The van der Waals surface area contributed by atoms with Crippen LogP contribution in [-0.2, 0) is 6.42 Å². The molecule has 86 valence electrons. The predicted molar refractivity (Wildman–Crippen MR) is 70.7 cm³/mol. The molecule has 0 unspecified atom stereocenters. The molecule has 0 atom stereocenters. The summed E-state index contributed by atoms with van der Waals surface area (Å²) in [6, 6.07) is 3.53. The highest BCUT2D eigenvalue weighted by atomic mass is 35.5. The summed E-state index contributed by atoms with van der Waals surface area (Å²) in [5.41, 5.74) is 0.955. The maximum atomic E-state index is 6.08. The van der Waals surface area contributed by atoms with Gasteiger partial charge in [0.15, 0.2) is 0 Å². The molecule has 0 heterocycles. The van der Waals surface area contributed by atoms with Gasteiger partial charge in [-0.15, -0.1) is 13.2 Å². The van der Waals surface area contributed by atoms with E-state index >= 15 is 0 Å². The minimum atomic E-state index is 0.536. The van der Waals surface area contributed by atoms with Crippen molar-refractivity contribution in [3.8, 4) is 5.75 Å². The standard InChI is InChI=1S/C13H14Cl2O/c1-3-5-7-16-13-10(6-4-2)8-11(14)9-12(13)15/h3-4,8-9H,1-2,5-7H2. The fraction of sp³-hybridized carbons (Fsp3) is 0.231. The van der Waals surface area contributed by atoms with Gasteiger partial charge in [0.2, 0.25) is 0 Å². The summed E-state index contributed by atoms with van der Waals surface area (Å²) in [5, 5.41) is 1.14. The van der Waals surface area contributed by atoms with Crippen molar-refractivity contribution in [1.82, 2.24) is 0 Å². The van der Waals surface area contributed by atoms with Gasteiger partial charge in [0.05, 0.1) is 11.6 Å². The highest BCUT2D eigenvalue weighted by Gasteiger charge is 2.09. The van der Waals surface area contributed by atoms with E-state index in [-0.39, 0.29) is 0 Å². The molecular weight excluding hydrogens is 243 g/mol. The van der Waals surface area contributed by atoms with Gasteiger partial charge in [0.1, 0.15) is 5.75 Å². The monoisotopic (exact) mass is 256 g/mol. The third-order valence-corrected chi connectivity index (χ3v) is 2.52. The number of benzene rings is 1. The molecule has 1 rings (SSSR count). The second kappa shape index (κ2) is 6.62. The van der Waals surface area contributed by atoms with Crippen LogP contribution in [0.15, 0.2) is 37.4 Å². The summed E-state index contributed by atoms with van der Waals surface area (Å²) < 4.78 is 5.61. The van der Waals surface area contributed by atoms with Crippen molar-refractivity contribution in [2.24, 2.45) is 0 Å². The van der Waals surface area contributed by atoms with Gasteiger partial charge in [-0.2, -0.15) is 0 Å². The lowest BCUT2D eigenvalue weighted by Crippen LogP contribution is -1.99. The van der Waals surface area contributed by atoms with Gasteiger partial charge in [0.25, 0.3) is 0 Å². The highest BCUT2D eigenvalue weighted by Crippen LogP contribution is 2.33. The second-order valence-corrected chi connectivity index (χ2v) is 4.14. The van der Waals surface area contributed by atoms with Crippen LogP contribution >= 0.6 is 23.2 Å². The first-order valence-electron chi connectivity index (χ1n) is 5.01. The van der Waals surface area contributed by atoms with E-state index in [0.717, 1.165) is 12.0 Å². The zero-order chi connectivity index (χ0) is 12.0. The Hall–Kier alpha value is -0.920. The lowest BCUT2D eigenvalue weighted by molar-refractivity contribution is 0.322.